The molecule has 7 nitrogen and oxygen atoms in total. The normalized spacial score (nSPS) is 17.8. The third-order valence-electron chi connectivity index (χ3n) is 5.15. The first-order valence-electron chi connectivity index (χ1n) is 9.66. The van der Waals surface area contributed by atoms with E-state index in [9.17, 15) is 0 Å². The number of hydrogen-bond acceptors (Lipinski definition) is 3. The minimum absolute atomic E-state index is 0.528. The highest BCUT2D eigenvalue weighted by molar-refractivity contribution is 5.80. The van der Waals surface area contributed by atoms with Gasteiger partial charge in [0.25, 0.3) is 0 Å². The summed E-state index contributed by atoms with van der Waals surface area (Å²) in [5.41, 5.74) is 3.52. The second kappa shape index (κ2) is 7.82. The summed E-state index contributed by atoms with van der Waals surface area (Å²) < 4.78 is 4.05. The predicted octanol–water partition coefficient (Wildman–Crippen LogP) is 2.22. The van der Waals surface area contributed by atoms with E-state index in [1.807, 2.05) is 36.4 Å². The number of nitrogens with zero attached hydrogens (tertiary/aromatic N) is 6. The number of rotatable bonds is 5. The average molecular weight is 365 g/mol. The van der Waals surface area contributed by atoms with Crippen molar-refractivity contribution in [3.63, 3.8) is 0 Å². The van der Waals surface area contributed by atoms with Gasteiger partial charge in [0, 0.05) is 45.3 Å². The van der Waals surface area contributed by atoms with Gasteiger partial charge in [0.05, 0.1) is 30.1 Å². The predicted molar refractivity (Wildman–Crippen MR) is 108 cm³/mol. The molecule has 0 amide bonds. The zero-order valence-corrected chi connectivity index (χ0v) is 16.0. The van der Waals surface area contributed by atoms with Gasteiger partial charge >= 0.3 is 0 Å². The fourth-order valence-corrected chi connectivity index (χ4v) is 3.75. The van der Waals surface area contributed by atoms with Crippen molar-refractivity contribution in [2.45, 2.75) is 25.8 Å². The van der Waals surface area contributed by atoms with Crippen LogP contribution in [0.2, 0.25) is 0 Å². The van der Waals surface area contributed by atoms with Crippen molar-refractivity contribution in [1.29, 1.82) is 0 Å². The molecule has 1 aromatic carbocycles. The van der Waals surface area contributed by atoms with Crippen LogP contribution in [0.1, 0.15) is 24.8 Å². The molecule has 142 valence electrons. The molecule has 1 atom stereocenters. The Morgan fingerprint density at radius 2 is 2.22 bits per heavy atom. The highest BCUT2D eigenvalue weighted by Gasteiger charge is 2.26. The van der Waals surface area contributed by atoms with E-state index in [1.54, 1.807) is 0 Å². The van der Waals surface area contributed by atoms with Gasteiger partial charge in [-0.15, -0.1) is 0 Å². The van der Waals surface area contributed by atoms with Crippen molar-refractivity contribution >= 4 is 17.0 Å². The maximum Gasteiger partial charge on any atom is 0.193 e. The molecule has 0 spiro atoms. The molecule has 1 fully saturated rings. The first kappa shape index (κ1) is 17.6. The molecule has 0 bridgehead atoms. The summed E-state index contributed by atoms with van der Waals surface area (Å²) in [6, 6.07) is 8.22. The standard InChI is InChI=1S/C20H27N7/c1-3-21-20(26-10-8-16(14-26)17-12-24-25(2)13-17)22-9-11-27-15-23-18-6-4-5-7-19(18)27/h4-7,12-13,15-16H,3,8-11,14H2,1-2H3,(H,21,22). The molecule has 0 saturated carbocycles. The van der Waals surface area contributed by atoms with Crippen LogP contribution in [0, 0.1) is 0 Å². The molecule has 1 N–H and O–H groups in total. The lowest BCUT2D eigenvalue weighted by Gasteiger charge is -2.21. The van der Waals surface area contributed by atoms with E-state index in [0.717, 1.165) is 56.1 Å². The molecule has 1 unspecified atom stereocenters. The third-order valence-corrected chi connectivity index (χ3v) is 5.15. The summed E-state index contributed by atoms with van der Waals surface area (Å²) >= 11 is 0. The molecular weight excluding hydrogens is 338 g/mol. The van der Waals surface area contributed by atoms with Gasteiger partial charge in [-0.25, -0.2) is 4.98 Å². The zero-order valence-electron chi connectivity index (χ0n) is 16.0. The first-order chi connectivity index (χ1) is 13.2. The van der Waals surface area contributed by atoms with Gasteiger partial charge in [0.15, 0.2) is 5.96 Å². The number of benzene rings is 1. The van der Waals surface area contributed by atoms with E-state index in [-0.39, 0.29) is 0 Å². The van der Waals surface area contributed by atoms with Gasteiger partial charge in [-0.05, 0) is 31.0 Å². The maximum absolute atomic E-state index is 4.87. The number of aromatic nitrogens is 4. The van der Waals surface area contributed by atoms with Gasteiger partial charge in [-0.2, -0.15) is 5.10 Å². The number of nitrogens with one attached hydrogen (secondary N) is 1. The Morgan fingerprint density at radius 3 is 3.04 bits per heavy atom. The van der Waals surface area contributed by atoms with Gasteiger partial charge < -0.3 is 14.8 Å². The van der Waals surface area contributed by atoms with Gasteiger partial charge in [-0.1, -0.05) is 12.1 Å². The van der Waals surface area contributed by atoms with Crippen molar-refractivity contribution < 1.29 is 0 Å². The number of fused-ring (bicyclic) bond motifs is 1. The topological polar surface area (TPSA) is 63.3 Å². The minimum atomic E-state index is 0.528. The Hall–Kier alpha value is -2.83. The lowest BCUT2D eigenvalue weighted by Crippen LogP contribution is -2.40. The number of hydrogen-bond donors (Lipinski definition) is 1. The Morgan fingerprint density at radius 1 is 1.33 bits per heavy atom. The molecule has 27 heavy (non-hydrogen) atoms. The number of imidazole rings is 1. The summed E-state index contributed by atoms with van der Waals surface area (Å²) in [4.78, 5) is 11.7. The second-order valence-electron chi connectivity index (χ2n) is 7.04. The first-order valence-corrected chi connectivity index (χ1v) is 9.66. The van der Waals surface area contributed by atoms with Crippen LogP contribution in [0.5, 0.6) is 0 Å². The molecule has 3 aromatic rings. The van der Waals surface area contributed by atoms with Gasteiger partial charge in [0.2, 0.25) is 0 Å². The third kappa shape index (κ3) is 3.82. The maximum atomic E-state index is 4.87. The number of likely N-dealkylation sites (tertiary alicyclic amines) is 1. The van der Waals surface area contributed by atoms with E-state index in [1.165, 1.54) is 5.56 Å². The van der Waals surface area contributed by atoms with Crippen LogP contribution >= 0.6 is 0 Å². The molecule has 1 aliphatic heterocycles. The van der Waals surface area contributed by atoms with Crippen LogP contribution in [-0.4, -0.2) is 56.4 Å². The summed E-state index contributed by atoms with van der Waals surface area (Å²) in [7, 11) is 1.97. The summed E-state index contributed by atoms with van der Waals surface area (Å²) in [6.45, 7) is 6.57. The fraction of sp³-hybridized carbons (Fsp3) is 0.450. The number of para-hydroxylation sites is 2. The highest BCUT2D eigenvalue weighted by atomic mass is 15.3. The summed E-state index contributed by atoms with van der Waals surface area (Å²) in [5, 5.41) is 7.76. The molecule has 3 heterocycles. The van der Waals surface area contributed by atoms with Crippen molar-refractivity contribution in [3.8, 4) is 0 Å². The molecule has 7 heteroatoms. The lowest BCUT2D eigenvalue weighted by molar-refractivity contribution is 0.485. The molecule has 1 saturated heterocycles. The number of aryl methyl sites for hydroxylation is 1. The zero-order chi connectivity index (χ0) is 18.6. The summed E-state index contributed by atoms with van der Waals surface area (Å²) in [6.07, 6.45) is 7.16. The SMILES string of the molecule is CCNC(=NCCn1cnc2ccccc21)N1CCC(c2cnn(C)c2)C1. The largest absolute Gasteiger partial charge is 0.357 e. The van der Waals surface area contributed by atoms with E-state index >= 15 is 0 Å². The summed E-state index contributed by atoms with van der Waals surface area (Å²) in [5.74, 6) is 1.54. The Labute approximate surface area is 159 Å². The quantitative estimate of drug-likeness (QED) is 0.556. The van der Waals surface area contributed by atoms with E-state index in [0.29, 0.717) is 5.92 Å². The fourth-order valence-electron chi connectivity index (χ4n) is 3.75. The van der Waals surface area contributed by atoms with Crippen molar-refractivity contribution in [2.75, 3.05) is 26.2 Å². The van der Waals surface area contributed by atoms with Crippen LogP contribution in [0.15, 0.2) is 48.0 Å². The monoisotopic (exact) mass is 365 g/mol. The van der Waals surface area contributed by atoms with Crippen LogP contribution in [0.25, 0.3) is 11.0 Å². The highest BCUT2D eigenvalue weighted by Crippen LogP contribution is 2.26. The van der Waals surface area contributed by atoms with Gasteiger partial charge in [-0.3, -0.25) is 9.67 Å². The van der Waals surface area contributed by atoms with Crippen LogP contribution in [-0.2, 0) is 13.6 Å². The minimum Gasteiger partial charge on any atom is -0.357 e. The molecule has 0 radical (unpaired) electrons. The number of aliphatic imine (C=N–C) groups is 1. The second-order valence-corrected chi connectivity index (χ2v) is 7.04. The van der Waals surface area contributed by atoms with Crippen molar-refractivity contribution in [2.24, 2.45) is 12.0 Å². The Kier molecular flexibility index (Phi) is 5.09. The van der Waals surface area contributed by atoms with Crippen LogP contribution < -0.4 is 5.32 Å². The lowest BCUT2D eigenvalue weighted by atomic mass is 10.0. The Balaban J connectivity index is 1.41. The van der Waals surface area contributed by atoms with Crippen LogP contribution in [0.4, 0.5) is 0 Å². The molecule has 1 aliphatic rings. The van der Waals surface area contributed by atoms with Crippen molar-refractivity contribution in [1.82, 2.24) is 29.5 Å². The Bertz CT molecular complexity index is 923. The van der Waals surface area contributed by atoms with E-state index in [2.05, 4.69) is 50.1 Å². The molecule has 0 aliphatic carbocycles. The smallest absolute Gasteiger partial charge is 0.193 e. The van der Waals surface area contributed by atoms with Gasteiger partial charge in [0.1, 0.15) is 0 Å². The van der Waals surface area contributed by atoms with E-state index in [4.69, 9.17) is 4.99 Å². The molecular formula is C20H27N7. The molecule has 4 rings (SSSR count). The average Bonchev–Trinajstić information content (AvgIpc) is 3.40. The number of guanidine groups is 1. The van der Waals surface area contributed by atoms with Crippen LogP contribution in [0.3, 0.4) is 0 Å². The molecule has 2 aromatic heterocycles. The van der Waals surface area contributed by atoms with Crippen molar-refractivity contribution in [3.05, 3.63) is 48.5 Å². The van der Waals surface area contributed by atoms with E-state index < -0.39 is 0 Å².